The molecular weight excluding hydrogens is 530 g/mol. The zero-order valence-electron chi connectivity index (χ0n) is 25.0. The molecule has 0 spiro atoms. The molecule has 1 unspecified atom stereocenters. The SMILES string of the molecule is CCOc1cccc2c1cc(C(=O)Nc1ccc(OC3CCN(c4ccc(C(=O)OC(C)(C)C)cc4)C3)cc1)n2CC. The van der Waals surface area contributed by atoms with Gasteiger partial charge in [-0.15, -0.1) is 0 Å². The highest BCUT2D eigenvalue weighted by Crippen LogP contribution is 2.30. The Balaban J connectivity index is 1.18. The summed E-state index contributed by atoms with van der Waals surface area (Å²) in [7, 11) is 0. The molecule has 8 heteroatoms. The van der Waals surface area contributed by atoms with Crippen molar-refractivity contribution in [1.82, 2.24) is 4.57 Å². The Morgan fingerprint density at radius 1 is 0.976 bits per heavy atom. The monoisotopic (exact) mass is 569 g/mol. The van der Waals surface area contributed by atoms with Crippen LogP contribution in [0.2, 0.25) is 0 Å². The predicted octanol–water partition coefficient (Wildman–Crippen LogP) is 6.93. The molecule has 1 aromatic heterocycles. The minimum Gasteiger partial charge on any atom is -0.493 e. The first kappa shape index (κ1) is 29.0. The quantitative estimate of drug-likeness (QED) is 0.220. The van der Waals surface area contributed by atoms with Gasteiger partial charge in [0, 0.05) is 36.3 Å². The Morgan fingerprint density at radius 2 is 1.71 bits per heavy atom. The van der Waals surface area contributed by atoms with Crippen molar-refractivity contribution in [2.24, 2.45) is 0 Å². The summed E-state index contributed by atoms with van der Waals surface area (Å²) < 4.78 is 19.5. The van der Waals surface area contributed by atoms with Crippen LogP contribution in [0.1, 0.15) is 61.9 Å². The van der Waals surface area contributed by atoms with Gasteiger partial charge in [-0.2, -0.15) is 0 Å². The van der Waals surface area contributed by atoms with Gasteiger partial charge in [-0.1, -0.05) is 6.07 Å². The standard InChI is InChI=1S/C34H39N3O5/c1-6-37-29-9-8-10-31(40-7-2)28(29)21-30(37)32(38)35-24-13-17-26(18-14-24)41-27-19-20-36(22-27)25-15-11-23(12-16-25)33(39)42-34(3,4)5/h8-18,21,27H,6-7,19-20,22H2,1-5H3,(H,35,38). The van der Waals surface area contributed by atoms with E-state index in [1.165, 1.54) is 0 Å². The summed E-state index contributed by atoms with van der Waals surface area (Å²) in [5, 5.41) is 3.95. The number of anilines is 2. The highest BCUT2D eigenvalue weighted by molar-refractivity contribution is 6.07. The number of carbonyl (C=O) groups is 2. The van der Waals surface area contributed by atoms with Gasteiger partial charge < -0.3 is 29.0 Å². The number of rotatable bonds is 9. The Bertz CT molecular complexity index is 1550. The molecule has 0 radical (unpaired) electrons. The highest BCUT2D eigenvalue weighted by Gasteiger charge is 2.25. The van der Waals surface area contributed by atoms with Gasteiger partial charge in [0.05, 0.1) is 24.2 Å². The number of carbonyl (C=O) groups excluding carboxylic acids is 2. The van der Waals surface area contributed by atoms with Crippen molar-refractivity contribution in [2.75, 3.05) is 29.9 Å². The van der Waals surface area contributed by atoms with Crippen molar-refractivity contribution in [3.63, 3.8) is 0 Å². The molecular formula is C34H39N3O5. The molecule has 42 heavy (non-hydrogen) atoms. The van der Waals surface area contributed by atoms with E-state index in [0.717, 1.165) is 47.6 Å². The van der Waals surface area contributed by atoms with Crippen LogP contribution in [0.25, 0.3) is 10.9 Å². The van der Waals surface area contributed by atoms with Gasteiger partial charge in [-0.05, 0) is 101 Å². The second kappa shape index (κ2) is 12.2. The number of aryl methyl sites for hydroxylation is 1. The maximum Gasteiger partial charge on any atom is 0.338 e. The normalized spacial score (nSPS) is 15.1. The van der Waals surface area contributed by atoms with Crippen molar-refractivity contribution in [3.8, 4) is 11.5 Å². The zero-order valence-corrected chi connectivity index (χ0v) is 25.0. The maximum absolute atomic E-state index is 13.3. The molecule has 5 rings (SSSR count). The molecule has 1 saturated heterocycles. The number of aromatic nitrogens is 1. The minimum absolute atomic E-state index is 0.0377. The number of hydrogen-bond donors (Lipinski definition) is 1. The molecule has 3 aromatic carbocycles. The van der Waals surface area contributed by atoms with Gasteiger partial charge in [0.25, 0.3) is 5.91 Å². The Kier molecular flexibility index (Phi) is 8.43. The summed E-state index contributed by atoms with van der Waals surface area (Å²) in [5.41, 5.74) is 3.32. The van der Waals surface area contributed by atoms with Gasteiger partial charge in [0.15, 0.2) is 0 Å². The van der Waals surface area contributed by atoms with E-state index in [2.05, 4.69) is 10.2 Å². The average Bonchev–Trinajstić information content (AvgIpc) is 3.59. The van der Waals surface area contributed by atoms with Gasteiger partial charge >= 0.3 is 5.97 Å². The topological polar surface area (TPSA) is 82.0 Å². The van der Waals surface area contributed by atoms with Gasteiger partial charge in [0.1, 0.15) is 28.9 Å². The minimum atomic E-state index is -0.524. The van der Waals surface area contributed by atoms with Crippen molar-refractivity contribution < 1.29 is 23.8 Å². The number of esters is 1. The zero-order chi connectivity index (χ0) is 29.9. The molecule has 1 fully saturated rings. The third-order valence-corrected chi connectivity index (χ3v) is 7.18. The smallest absolute Gasteiger partial charge is 0.338 e. The number of ether oxygens (including phenoxy) is 3. The summed E-state index contributed by atoms with van der Waals surface area (Å²) in [5.74, 6) is 1.04. The van der Waals surface area contributed by atoms with Gasteiger partial charge in [-0.25, -0.2) is 4.79 Å². The Hall–Kier alpha value is -4.46. The Labute approximate surface area is 247 Å². The van der Waals surface area contributed by atoms with Crippen LogP contribution < -0.4 is 19.7 Å². The number of fused-ring (bicyclic) bond motifs is 1. The van der Waals surface area contributed by atoms with Crippen LogP contribution in [-0.2, 0) is 11.3 Å². The molecule has 1 aliphatic rings. The Morgan fingerprint density at radius 3 is 2.38 bits per heavy atom. The van der Waals surface area contributed by atoms with E-state index in [1.54, 1.807) is 0 Å². The van der Waals surface area contributed by atoms with Crippen molar-refractivity contribution in [1.29, 1.82) is 0 Å². The molecule has 220 valence electrons. The number of nitrogens with one attached hydrogen (secondary N) is 1. The van der Waals surface area contributed by atoms with Crippen LogP contribution in [0, 0.1) is 0 Å². The summed E-state index contributed by atoms with van der Waals surface area (Å²) in [6.07, 6.45) is 0.924. The van der Waals surface area contributed by atoms with Crippen LogP contribution in [0.4, 0.5) is 11.4 Å². The van der Waals surface area contributed by atoms with Crippen LogP contribution in [0.3, 0.4) is 0 Å². The van der Waals surface area contributed by atoms with E-state index in [0.29, 0.717) is 30.1 Å². The predicted molar refractivity (Wildman–Crippen MR) is 166 cm³/mol. The van der Waals surface area contributed by atoms with Crippen LogP contribution in [0.5, 0.6) is 11.5 Å². The van der Waals surface area contributed by atoms with E-state index < -0.39 is 5.60 Å². The largest absolute Gasteiger partial charge is 0.493 e. The van der Waals surface area contributed by atoms with E-state index in [1.807, 2.05) is 112 Å². The van der Waals surface area contributed by atoms with Crippen LogP contribution in [0.15, 0.2) is 72.8 Å². The molecule has 2 heterocycles. The van der Waals surface area contributed by atoms with E-state index in [-0.39, 0.29) is 18.0 Å². The number of hydrogen-bond acceptors (Lipinski definition) is 6. The lowest BCUT2D eigenvalue weighted by atomic mass is 10.1. The fourth-order valence-electron chi connectivity index (χ4n) is 5.28. The van der Waals surface area contributed by atoms with Crippen molar-refractivity contribution in [3.05, 3.63) is 84.1 Å². The number of benzene rings is 3. The third kappa shape index (κ3) is 6.54. The van der Waals surface area contributed by atoms with Crippen molar-refractivity contribution in [2.45, 2.75) is 59.3 Å². The van der Waals surface area contributed by atoms with E-state index in [4.69, 9.17) is 14.2 Å². The first-order valence-corrected chi connectivity index (χ1v) is 14.6. The summed E-state index contributed by atoms with van der Waals surface area (Å²) in [4.78, 5) is 27.8. The molecule has 1 atom stereocenters. The molecule has 1 amide bonds. The second-order valence-corrected chi connectivity index (χ2v) is 11.4. The van der Waals surface area contributed by atoms with Crippen LogP contribution >= 0.6 is 0 Å². The van der Waals surface area contributed by atoms with Crippen molar-refractivity contribution >= 4 is 34.2 Å². The number of nitrogens with zero attached hydrogens (tertiary/aromatic N) is 2. The molecule has 0 bridgehead atoms. The molecule has 0 aliphatic carbocycles. The third-order valence-electron chi connectivity index (χ3n) is 7.18. The van der Waals surface area contributed by atoms with E-state index >= 15 is 0 Å². The van der Waals surface area contributed by atoms with Gasteiger partial charge in [0.2, 0.25) is 0 Å². The molecule has 8 nitrogen and oxygen atoms in total. The molecule has 4 aromatic rings. The lowest BCUT2D eigenvalue weighted by molar-refractivity contribution is 0.00694. The van der Waals surface area contributed by atoms with E-state index in [9.17, 15) is 9.59 Å². The summed E-state index contributed by atoms with van der Waals surface area (Å²) >= 11 is 0. The first-order chi connectivity index (χ1) is 20.1. The molecule has 1 aliphatic heterocycles. The maximum atomic E-state index is 13.3. The second-order valence-electron chi connectivity index (χ2n) is 11.4. The molecule has 1 N–H and O–H groups in total. The van der Waals surface area contributed by atoms with Crippen LogP contribution in [-0.4, -0.2) is 47.8 Å². The highest BCUT2D eigenvalue weighted by atomic mass is 16.6. The molecule has 0 saturated carbocycles. The summed E-state index contributed by atoms with van der Waals surface area (Å²) in [6, 6.07) is 22.8. The average molecular weight is 570 g/mol. The van der Waals surface area contributed by atoms with Gasteiger partial charge in [-0.3, -0.25) is 4.79 Å². The summed E-state index contributed by atoms with van der Waals surface area (Å²) in [6.45, 7) is 12.4. The number of amides is 1. The fraction of sp³-hybridized carbons (Fsp3) is 0.353. The fourth-order valence-corrected chi connectivity index (χ4v) is 5.28. The lowest BCUT2D eigenvalue weighted by Gasteiger charge is -2.21. The lowest BCUT2D eigenvalue weighted by Crippen LogP contribution is -2.25. The first-order valence-electron chi connectivity index (χ1n) is 14.6.